The van der Waals surface area contributed by atoms with Gasteiger partial charge in [0, 0.05) is 30.3 Å². The Morgan fingerprint density at radius 1 is 1.37 bits per heavy atom. The SMILES string of the molecule is Cc1nn(CC(=O)Nc2ccc(N3CCSCC3)c(Cl)c2)c(C)c1[N+](=O)[O-]. The van der Waals surface area contributed by atoms with Crippen molar-refractivity contribution < 1.29 is 9.72 Å². The number of nitrogens with zero attached hydrogens (tertiary/aromatic N) is 4. The van der Waals surface area contributed by atoms with Gasteiger partial charge in [-0.2, -0.15) is 16.9 Å². The molecule has 1 saturated heterocycles. The molecule has 1 aliphatic heterocycles. The standard InChI is InChI=1S/C17H20ClN5O3S/c1-11-17(23(25)26)12(2)22(20-11)10-16(24)19-13-3-4-15(14(18)9-13)21-5-7-27-8-6-21/h3-4,9H,5-8,10H2,1-2H3,(H,19,24). The number of anilines is 2. The van der Waals surface area contributed by atoms with Crippen molar-refractivity contribution in [1.29, 1.82) is 0 Å². The maximum absolute atomic E-state index is 12.3. The minimum Gasteiger partial charge on any atom is -0.369 e. The van der Waals surface area contributed by atoms with Crippen LogP contribution in [0.2, 0.25) is 5.02 Å². The summed E-state index contributed by atoms with van der Waals surface area (Å²) in [5.74, 6) is 1.82. The number of hydrogen-bond donors (Lipinski definition) is 1. The molecule has 0 saturated carbocycles. The van der Waals surface area contributed by atoms with Crippen molar-refractivity contribution in [2.45, 2.75) is 20.4 Å². The quantitative estimate of drug-likeness (QED) is 0.601. The molecule has 144 valence electrons. The van der Waals surface area contributed by atoms with E-state index < -0.39 is 4.92 Å². The Bertz CT molecular complexity index is 880. The average Bonchev–Trinajstić information content (AvgIpc) is 2.89. The summed E-state index contributed by atoms with van der Waals surface area (Å²) in [5, 5.41) is 18.5. The first-order valence-corrected chi connectivity index (χ1v) is 10.0. The first-order chi connectivity index (χ1) is 12.9. The Kier molecular flexibility index (Phi) is 5.91. The molecular weight excluding hydrogens is 390 g/mol. The number of nitrogens with one attached hydrogen (secondary N) is 1. The first kappa shape index (κ1) is 19.5. The number of aryl methyl sites for hydroxylation is 1. The van der Waals surface area contributed by atoms with Crippen LogP contribution in [-0.4, -0.2) is 45.2 Å². The number of thioether (sulfide) groups is 1. The third kappa shape index (κ3) is 4.36. The van der Waals surface area contributed by atoms with E-state index in [2.05, 4.69) is 15.3 Å². The molecule has 1 amide bonds. The summed E-state index contributed by atoms with van der Waals surface area (Å²) in [7, 11) is 0. The lowest BCUT2D eigenvalue weighted by molar-refractivity contribution is -0.386. The molecule has 0 spiro atoms. The normalized spacial score (nSPS) is 14.3. The van der Waals surface area contributed by atoms with Crippen LogP contribution in [0, 0.1) is 24.0 Å². The van der Waals surface area contributed by atoms with Crippen molar-refractivity contribution >= 4 is 46.3 Å². The summed E-state index contributed by atoms with van der Waals surface area (Å²) < 4.78 is 1.34. The summed E-state index contributed by atoms with van der Waals surface area (Å²) >= 11 is 8.32. The summed E-state index contributed by atoms with van der Waals surface area (Å²) in [4.78, 5) is 25.1. The molecule has 0 bridgehead atoms. The zero-order valence-electron chi connectivity index (χ0n) is 15.1. The van der Waals surface area contributed by atoms with Gasteiger partial charge in [-0.25, -0.2) is 0 Å². The molecule has 3 rings (SSSR count). The van der Waals surface area contributed by atoms with Gasteiger partial charge in [-0.05, 0) is 32.0 Å². The average molecular weight is 410 g/mol. The maximum Gasteiger partial charge on any atom is 0.312 e. The molecule has 0 radical (unpaired) electrons. The lowest BCUT2D eigenvalue weighted by atomic mass is 10.2. The molecule has 27 heavy (non-hydrogen) atoms. The van der Waals surface area contributed by atoms with E-state index in [9.17, 15) is 14.9 Å². The third-order valence-electron chi connectivity index (χ3n) is 4.40. The predicted octanol–water partition coefficient (Wildman–Crippen LogP) is 3.25. The fourth-order valence-electron chi connectivity index (χ4n) is 3.09. The molecule has 0 atom stereocenters. The van der Waals surface area contributed by atoms with E-state index in [1.165, 1.54) is 4.68 Å². The second kappa shape index (κ2) is 8.18. The molecule has 2 heterocycles. The number of carbonyl (C=O) groups is 1. The maximum atomic E-state index is 12.3. The summed E-state index contributed by atoms with van der Waals surface area (Å²) in [5.41, 5.74) is 2.12. The number of amides is 1. The van der Waals surface area contributed by atoms with Crippen molar-refractivity contribution in [3.05, 3.63) is 44.7 Å². The van der Waals surface area contributed by atoms with E-state index in [4.69, 9.17) is 11.6 Å². The monoisotopic (exact) mass is 409 g/mol. The van der Waals surface area contributed by atoms with Gasteiger partial charge in [0.1, 0.15) is 17.9 Å². The highest BCUT2D eigenvalue weighted by Crippen LogP contribution is 2.30. The Labute approximate surface area is 166 Å². The van der Waals surface area contributed by atoms with Gasteiger partial charge in [0.05, 0.1) is 15.6 Å². The Hall–Kier alpha value is -2.26. The van der Waals surface area contributed by atoms with E-state index in [1.807, 2.05) is 23.9 Å². The summed E-state index contributed by atoms with van der Waals surface area (Å²) in [6.07, 6.45) is 0. The van der Waals surface area contributed by atoms with Crippen molar-refractivity contribution in [1.82, 2.24) is 9.78 Å². The van der Waals surface area contributed by atoms with Crippen molar-refractivity contribution in [3.63, 3.8) is 0 Å². The van der Waals surface area contributed by atoms with Crippen LogP contribution in [0.4, 0.5) is 17.1 Å². The summed E-state index contributed by atoms with van der Waals surface area (Å²) in [6.45, 7) is 4.92. The van der Waals surface area contributed by atoms with E-state index in [0.29, 0.717) is 16.4 Å². The van der Waals surface area contributed by atoms with Crippen molar-refractivity contribution in [2.75, 3.05) is 34.8 Å². The van der Waals surface area contributed by atoms with Crippen LogP contribution in [0.15, 0.2) is 18.2 Å². The molecule has 0 aliphatic carbocycles. The number of hydrogen-bond acceptors (Lipinski definition) is 6. The van der Waals surface area contributed by atoms with Crippen LogP contribution in [0.3, 0.4) is 0 Å². The molecule has 2 aromatic rings. The number of aromatic nitrogens is 2. The van der Waals surface area contributed by atoms with Gasteiger partial charge in [0.15, 0.2) is 0 Å². The lowest BCUT2D eigenvalue weighted by Gasteiger charge is -2.29. The fraction of sp³-hybridized carbons (Fsp3) is 0.412. The van der Waals surface area contributed by atoms with Gasteiger partial charge < -0.3 is 10.2 Å². The molecule has 1 aromatic heterocycles. The zero-order chi connectivity index (χ0) is 19.6. The van der Waals surface area contributed by atoms with Crippen LogP contribution in [0.5, 0.6) is 0 Å². The lowest BCUT2D eigenvalue weighted by Crippen LogP contribution is -2.32. The van der Waals surface area contributed by atoms with Gasteiger partial charge in [-0.3, -0.25) is 19.6 Å². The number of nitro groups is 1. The van der Waals surface area contributed by atoms with Crippen molar-refractivity contribution in [2.24, 2.45) is 0 Å². The van der Waals surface area contributed by atoms with Crippen LogP contribution >= 0.6 is 23.4 Å². The van der Waals surface area contributed by atoms with Gasteiger partial charge in [-0.1, -0.05) is 11.6 Å². The highest BCUT2D eigenvalue weighted by atomic mass is 35.5. The number of benzene rings is 1. The molecule has 1 aromatic carbocycles. The number of rotatable bonds is 5. The molecule has 10 heteroatoms. The van der Waals surface area contributed by atoms with E-state index >= 15 is 0 Å². The molecule has 1 fully saturated rings. The predicted molar refractivity (Wildman–Crippen MR) is 108 cm³/mol. The first-order valence-electron chi connectivity index (χ1n) is 8.47. The fourth-order valence-corrected chi connectivity index (χ4v) is 4.29. The third-order valence-corrected chi connectivity index (χ3v) is 5.65. The molecule has 0 unspecified atom stereocenters. The second-order valence-electron chi connectivity index (χ2n) is 6.25. The summed E-state index contributed by atoms with van der Waals surface area (Å²) in [6, 6.07) is 5.44. The molecule has 1 N–H and O–H groups in total. The smallest absolute Gasteiger partial charge is 0.312 e. The molecule has 8 nitrogen and oxygen atoms in total. The minimum absolute atomic E-state index is 0.0603. The van der Waals surface area contributed by atoms with Crippen molar-refractivity contribution in [3.8, 4) is 0 Å². The highest BCUT2D eigenvalue weighted by molar-refractivity contribution is 7.99. The van der Waals surface area contributed by atoms with Gasteiger partial charge in [0.2, 0.25) is 5.91 Å². The van der Waals surface area contributed by atoms with Crippen LogP contribution in [0.1, 0.15) is 11.4 Å². The van der Waals surface area contributed by atoms with Crippen LogP contribution < -0.4 is 10.2 Å². The Balaban J connectivity index is 1.68. The number of carbonyl (C=O) groups excluding carboxylic acids is 1. The largest absolute Gasteiger partial charge is 0.369 e. The highest BCUT2D eigenvalue weighted by Gasteiger charge is 2.23. The van der Waals surface area contributed by atoms with Gasteiger partial charge in [0.25, 0.3) is 0 Å². The van der Waals surface area contributed by atoms with Gasteiger partial charge >= 0.3 is 5.69 Å². The van der Waals surface area contributed by atoms with Crippen LogP contribution in [-0.2, 0) is 11.3 Å². The zero-order valence-corrected chi connectivity index (χ0v) is 16.6. The second-order valence-corrected chi connectivity index (χ2v) is 7.88. The molecule has 1 aliphatic rings. The van der Waals surface area contributed by atoms with E-state index in [1.54, 1.807) is 19.9 Å². The van der Waals surface area contributed by atoms with E-state index in [0.717, 1.165) is 30.3 Å². The molecular formula is C17H20ClN5O3S. The number of halogens is 1. The van der Waals surface area contributed by atoms with E-state index in [-0.39, 0.29) is 23.8 Å². The Morgan fingerprint density at radius 2 is 2.07 bits per heavy atom. The minimum atomic E-state index is -0.482. The van der Waals surface area contributed by atoms with Gasteiger partial charge in [-0.15, -0.1) is 0 Å². The Morgan fingerprint density at radius 3 is 2.67 bits per heavy atom. The van der Waals surface area contributed by atoms with Crippen LogP contribution in [0.25, 0.3) is 0 Å². The topological polar surface area (TPSA) is 93.3 Å².